The summed E-state index contributed by atoms with van der Waals surface area (Å²) in [5.74, 6) is -0.0380. The van der Waals surface area contributed by atoms with Crippen molar-refractivity contribution in [2.75, 3.05) is 13.2 Å². The van der Waals surface area contributed by atoms with Crippen molar-refractivity contribution >= 4 is 11.9 Å². The molecular formula is C64H127NO5. The summed E-state index contributed by atoms with van der Waals surface area (Å²) in [4.78, 5) is 24.6. The van der Waals surface area contributed by atoms with Crippen molar-refractivity contribution in [2.24, 2.45) is 0 Å². The molecule has 0 rings (SSSR count). The Morgan fingerprint density at radius 3 is 0.871 bits per heavy atom. The van der Waals surface area contributed by atoms with E-state index in [1.54, 1.807) is 0 Å². The van der Waals surface area contributed by atoms with Gasteiger partial charge in [0.25, 0.3) is 0 Å². The third kappa shape index (κ3) is 56.2. The highest BCUT2D eigenvalue weighted by Gasteiger charge is 2.20. The van der Waals surface area contributed by atoms with Gasteiger partial charge in [-0.25, -0.2) is 0 Å². The Hall–Kier alpha value is -1.14. The standard InChI is InChI=1S/C64H127NO5/c1-3-5-7-9-11-13-15-17-19-20-21-22-23-24-25-26-27-28-29-32-36-40-44-48-52-56-62(67)61(60-66)65-63(68)57-53-49-45-41-37-33-30-31-35-39-43-47-51-55-59-70-64(69)58-54-50-46-42-38-34-18-16-14-12-10-8-6-4-2/h61-62,66-67H,3-60H2,1-2H3,(H,65,68). The molecule has 0 aromatic rings. The fraction of sp³-hybridized carbons (Fsp3) is 0.969. The molecule has 0 aromatic carbocycles. The van der Waals surface area contributed by atoms with Gasteiger partial charge < -0.3 is 20.3 Å². The third-order valence-corrected chi connectivity index (χ3v) is 15.4. The zero-order chi connectivity index (χ0) is 50.7. The van der Waals surface area contributed by atoms with Crippen molar-refractivity contribution in [1.29, 1.82) is 0 Å². The number of carbonyl (C=O) groups excluding carboxylic acids is 2. The number of ether oxygens (including phenoxy) is 1. The van der Waals surface area contributed by atoms with Gasteiger partial charge in [0.2, 0.25) is 5.91 Å². The van der Waals surface area contributed by atoms with Crippen molar-refractivity contribution in [3.05, 3.63) is 0 Å². The Bertz CT molecular complexity index is 1010. The second kappa shape index (κ2) is 60.4. The summed E-state index contributed by atoms with van der Waals surface area (Å²) in [5.41, 5.74) is 0. The fourth-order valence-corrected chi connectivity index (χ4v) is 10.5. The highest BCUT2D eigenvalue weighted by Crippen LogP contribution is 2.19. The van der Waals surface area contributed by atoms with Gasteiger partial charge in [0.1, 0.15) is 0 Å². The number of aliphatic hydroxyl groups is 2. The van der Waals surface area contributed by atoms with Crippen LogP contribution in [-0.2, 0) is 14.3 Å². The van der Waals surface area contributed by atoms with Crippen molar-refractivity contribution in [3.63, 3.8) is 0 Å². The van der Waals surface area contributed by atoms with Crippen LogP contribution in [0.15, 0.2) is 0 Å². The largest absolute Gasteiger partial charge is 0.466 e. The smallest absolute Gasteiger partial charge is 0.305 e. The van der Waals surface area contributed by atoms with Crippen molar-refractivity contribution in [1.82, 2.24) is 5.32 Å². The average molecular weight is 991 g/mol. The maximum atomic E-state index is 12.5. The molecule has 6 nitrogen and oxygen atoms in total. The first-order valence-corrected chi connectivity index (χ1v) is 32.3. The van der Waals surface area contributed by atoms with Gasteiger partial charge in [-0.1, -0.05) is 335 Å². The molecule has 6 heteroatoms. The van der Waals surface area contributed by atoms with E-state index in [-0.39, 0.29) is 18.5 Å². The van der Waals surface area contributed by atoms with E-state index >= 15 is 0 Å². The molecule has 0 fully saturated rings. The molecule has 0 spiro atoms. The van der Waals surface area contributed by atoms with Crippen LogP contribution in [0.1, 0.15) is 373 Å². The van der Waals surface area contributed by atoms with Gasteiger partial charge in [0.05, 0.1) is 25.4 Å². The monoisotopic (exact) mass is 990 g/mol. The van der Waals surface area contributed by atoms with Gasteiger partial charge >= 0.3 is 5.97 Å². The minimum atomic E-state index is -0.671. The summed E-state index contributed by atoms with van der Waals surface area (Å²) in [6.45, 7) is 4.97. The van der Waals surface area contributed by atoms with Crippen molar-refractivity contribution < 1.29 is 24.5 Å². The lowest BCUT2D eigenvalue weighted by Crippen LogP contribution is -2.45. The number of amides is 1. The van der Waals surface area contributed by atoms with Crippen LogP contribution >= 0.6 is 0 Å². The van der Waals surface area contributed by atoms with Crippen LogP contribution < -0.4 is 5.32 Å². The summed E-state index contributed by atoms with van der Waals surface area (Å²) in [6, 6.07) is -0.549. The number of esters is 1. The summed E-state index contributed by atoms with van der Waals surface area (Å²) in [5, 5.41) is 23.4. The molecule has 2 unspecified atom stereocenters. The van der Waals surface area contributed by atoms with Crippen LogP contribution in [0.5, 0.6) is 0 Å². The van der Waals surface area contributed by atoms with Crippen LogP contribution in [0.2, 0.25) is 0 Å². The summed E-state index contributed by atoms with van der Waals surface area (Å²) in [6.07, 6.45) is 71.1. The lowest BCUT2D eigenvalue weighted by molar-refractivity contribution is -0.143. The molecule has 0 aliphatic rings. The van der Waals surface area contributed by atoms with Crippen LogP contribution in [-0.4, -0.2) is 47.4 Å². The minimum Gasteiger partial charge on any atom is -0.466 e. The Balaban J connectivity index is 3.41. The summed E-state index contributed by atoms with van der Waals surface area (Å²) < 4.78 is 5.48. The van der Waals surface area contributed by atoms with Crippen LogP contribution in [0.4, 0.5) is 0 Å². The highest BCUT2D eigenvalue weighted by atomic mass is 16.5. The third-order valence-electron chi connectivity index (χ3n) is 15.4. The number of hydrogen-bond donors (Lipinski definition) is 3. The zero-order valence-corrected chi connectivity index (χ0v) is 47.8. The molecule has 3 N–H and O–H groups in total. The van der Waals surface area contributed by atoms with Crippen molar-refractivity contribution in [2.45, 2.75) is 386 Å². The van der Waals surface area contributed by atoms with E-state index in [1.807, 2.05) is 0 Å². The highest BCUT2D eigenvalue weighted by molar-refractivity contribution is 5.76. The lowest BCUT2D eigenvalue weighted by atomic mass is 10.0. The minimum absolute atomic E-state index is 0.00187. The van der Waals surface area contributed by atoms with E-state index in [9.17, 15) is 19.8 Å². The first-order valence-electron chi connectivity index (χ1n) is 32.3. The van der Waals surface area contributed by atoms with Gasteiger partial charge in [-0.15, -0.1) is 0 Å². The quantitative estimate of drug-likeness (QED) is 0.0417. The van der Waals surface area contributed by atoms with Gasteiger partial charge in [-0.05, 0) is 25.7 Å². The maximum absolute atomic E-state index is 12.5. The summed E-state index contributed by atoms with van der Waals surface area (Å²) in [7, 11) is 0. The average Bonchev–Trinajstić information content (AvgIpc) is 3.36. The number of carbonyl (C=O) groups is 2. The Kier molecular flexibility index (Phi) is 59.4. The summed E-state index contributed by atoms with van der Waals surface area (Å²) >= 11 is 0. The molecule has 2 atom stereocenters. The topological polar surface area (TPSA) is 95.9 Å². The second-order valence-corrected chi connectivity index (χ2v) is 22.5. The molecule has 418 valence electrons. The predicted octanol–water partition coefficient (Wildman–Crippen LogP) is 20.3. The second-order valence-electron chi connectivity index (χ2n) is 22.5. The van der Waals surface area contributed by atoms with E-state index in [4.69, 9.17) is 4.74 Å². The zero-order valence-electron chi connectivity index (χ0n) is 47.8. The first-order chi connectivity index (χ1) is 34.5. The SMILES string of the molecule is CCCCCCCCCCCCCCCCCCCCCCCCCCCC(O)C(CO)NC(=O)CCCCCCCCCCCCCCCCOC(=O)CCCCCCCCCCCCCCCC. The number of nitrogens with one attached hydrogen (secondary N) is 1. The van der Waals surface area contributed by atoms with E-state index in [2.05, 4.69) is 19.2 Å². The van der Waals surface area contributed by atoms with Crippen LogP contribution in [0.3, 0.4) is 0 Å². The maximum Gasteiger partial charge on any atom is 0.305 e. The Morgan fingerprint density at radius 1 is 0.343 bits per heavy atom. The van der Waals surface area contributed by atoms with E-state index in [1.165, 1.54) is 289 Å². The molecule has 0 aromatic heterocycles. The van der Waals surface area contributed by atoms with Gasteiger partial charge in [0.15, 0.2) is 0 Å². The molecule has 0 saturated heterocycles. The van der Waals surface area contributed by atoms with Crippen LogP contribution in [0, 0.1) is 0 Å². The first kappa shape index (κ1) is 68.9. The molecule has 0 heterocycles. The molecule has 0 bridgehead atoms. The molecule has 0 saturated carbocycles. The molecule has 0 aliphatic carbocycles. The number of aliphatic hydroxyl groups excluding tert-OH is 2. The van der Waals surface area contributed by atoms with Crippen LogP contribution in [0.25, 0.3) is 0 Å². The molecular weight excluding hydrogens is 863 g/mol. The molecule has 0 radical (unpaired) electrons. The normalized spacial score (nSPS) is 12.5. The van der Waals surface area contributed by atoms with Gasteiger partial charge in [0, 0.05) is 12.8 Å². The lowest BCUT2D eigenvalue weighted by Gasteiger charge is -2.22. The van der Waals surface area contributed by atoms with Gasteiger partial charge in [-0.3, -0.25) is 9.59 Å². The number of hydrogen-bond acceptors (Lipinski definition) is 5. The van der Waals surface area contributed by atoms with E-state index in [0.717, 1.165) is 51.4 Å². The number of unbranched alkanes of at least 4 members (excludes halogenated alkanes) is 50. The Morgan fingerprint density at radius 2 is 0.586 bits per heavy atom. The Labute approximate surface area is 438 Å². The van der Waals surface area contributed by atoms with E-state index in [0.29, 0.717) is 25.9 Å². The molecule has 1 amide bonds. The van der Waals surface area contributed by atoms with Crippen molar-refractivity contribution in [3.8, 4) is 0 Å². The predicted molar refractivity (Wildman–Crippen MR) is 306 cm³/mol. The number of rotatable bonds is 61. The molecule has 0 aliphatic heterocycles. The molecule has 70 heavy (non-hydrogen) atoms. The van der Waals surface area contributed by atoms with E-state index < -0.39 is 12.1 Å². The van der Waals surface area contributed by atoms with Gasteiger partial charge in [-0.2, -0.15) is 0 Å². The fourth-order valence-electron chi connectivity index (χ4n) is 10.5.